The van der Waals surface area contributed by atoms with Crippen LogP contribution in [-0.4, -0.2) is 24.5 Å². The van der Waals surface area contributed by atoms with Gasteiger partial charge in [0.1, 0.15) is 5.01 Å². The first kappa shape index (κ1) is 10.1. The second kappa shape index (κ2) is 4.94. The zero-order valence-corrected chi connectivity index (χ0v) is 8.38. The average Bonchev–Trinajstić information content (AvgIpc) is 2.65. The highest BCUT2D eigenvalue weighted by Crippen LogP contribution is 2.22. The molecule has 0 unspecified atom stereocenters. The molecule has 0 aliphatic carbocycles. The lowest BCUT2D eigenvalue weighted by Crippen LogP contribution is -2.30. The van der Waals surface area contributed by atoms with Crippen molar-refractivity contribution in [3.63, 3.8) is 0 Å². The zero-order valence-electron chi connectivity index (χ0n) is 7.56. The first-order valence-electron chi connectivity index (χ1n) is 3.95. The van der Waals surface area contributed by atoms with E-state index in [9.17, 15) is 4.79 Å². The lowest BCUT2D eigenvalue weighted by Gasteiger charge is -2.19. The van der Waals surface area contributed by atoms with Gasteiger partial charge in [0.05, 0.1) is 0 Å². The van der Waals surface area contributed by atoms with E-state index in [0.717, 1.165) is 5.01 Å². The van der Waals surface area contributed by atoms with Crippen molar-refractivity contribution in [2.45, 2.75) is 19.1 Å². The van der Waals surface area contributed by atoms with E-state index in [0.29, 0.717) is 6.47 Å². The van der Waals surface area contributed by atoms with Crippen LogP contribution in [0.15, 0.2) is 11.6 Å². The molecular weight excluding hydrogens is 188 g/mol. The second-order valence-electron chi connectivity index (χ2n) is 2.60. The highest BCUT2D eigenvalue weighted by atomic mass is 32.1. The van der Waals surface area contributed by atoms with Crippen LogP contribution < -0.4 is 5.32 Å². The number of nitrogens with one attached hydrogen (secondary N) is 1. The summed E-state index contributed by atoms with van der Waals surface area (Å²) in [5.41, 5.74) is 0. The molecule has 0 fully saturated rings. The first-order valence-corrected chi connectivity index (χ1v) is 4.83. The average molecular weight is 200 g/mol. The van der Waals surface area contributed by atoms with Gasteiger partial charge in [-0.15, -0.1) is 11.3 Å². The van der Waals surface area contributed by atoms with Gasteiger partial charge in [0.25, 0.3) is 6.47 Å². The Hall–Kier alpha value is -0.940. The summed E-state index contributed by atoms with van der Waals surface area (Å²) in [6, 6.07) is 0.0661. The van der Waals surface area contributed by atoms with Crippen molar-refractivity contribution in [2.75, 3.05) is 7.05 Å². The van der Waals surface area contributed by atoms with Crippen LogP contribution in [0.5, 0.6) is 0 Å². The standard InChI is InChI=1S/C8H12N2O2S/c1-6(9-2)7(12-5-11)8-10-3-4-13-8/h3-7,9H,1-2H3/t6-,7-/m0/s1. The van der Waals surface area contributed by atoms with Gasteiger partial charge in [-0.2, -0.15) is 0 Å². The van der Waals surface area contributed by atoms with Crippen molar-refractivity contribution in [2.24, 2.45) is 0 Å². The Bertz CT molecular complexity index is 251. The SMILES string of the molecule is CN[C@@H](C)[C@H](OC=O)c1nccs1. The van der Waals surface area contributed by atoms with Crippen molar-refractivity contribution >= 4 is 17.8 Å². The number of carbonyl (C=O) groups is 1. The van der Waals surface area contributed by atoms with Crippen LogP contribution in [0.4, 0.5) is 0 Å². The van der Waals surface area contributed by atoms with Gasteiger partial charge in [0.15, 0.2) is 6.10 Å². The van der Waals surface area contributed by atoms with E-state index in [1.807, 2.05) is 19.4 Å². The summed E-state index contributed by atoms with van der Waals surface area (Å²) >= 11 is 1.48. The van der Waals surface area contributed by atoms with E-state index < -0.39 is 0 Å². The van der Waals surface area contributed by atoms with Gasteiger partial charge in [-0.05, 0) is 14.0 Å². The molecule has 13 heavy (non-hydrogen) atoms. The maximum atomic E-state index is 10.3. The molecule has 0 aliphatic rings. The van der Waals surface area contributed by atoms with E-state index >= 15 is 0 Å². The molecule has 72 valence electrons. The molecule has 0 aromatic carbocycles. The van der Waals surface area contributed by atoms with E-state index in [1.165, 1.54) is 11.3 Å². The van der Waals surface area contributed by atoms with Gasteiger partial charge in [0.2, 0.25) is 0 Å². The Morgan fingerprint density at radius 2 is 2.54 bits per heavy atom. The predicted molar refractivity (Wildman–Crippen MR) is 50.5 cm³/mol. The maximum absolute atomic E-state index is 10.3. The number of hydrogen-bond acceptors (Lipinski definition) is 5. The van der Waals surface area contributed by atoms with Crippen molar-refractivity contribution < 1.29 is 9.53 Å². The molecule has 1 heterocycles. The lowest BCUT2D eigenvalue weighted by molar-refractivity contribution is -0.135. The molecular formula is C8H12N2O2S. The van der Waals surface area contributed by atoms with E-state index in [-0.39, 0.29) is 12.1 Å². The monoisotopic (exact) mass is 200 g/mol. The Morgan fingerprint density at radius 1 is 1.77 bits per heavy atom. The number of aromatic nitrogens is 1. The van der Waals surface area contributed by atoms with Crippen molar-refractivity contribution in [3.8, 4) is 0 Å². The van der Waals surface area contributed by atoms with Gasteiger partial charge in [-0.3, -0.25) is 4.79 Å². The number of carbonyl (C=O) groups excluding carboxylic acids is 1. The first-order chi connectivity index (χ1) is 6.29. The Balaban J connectivity index is 2.73. The molecule has 0 aliphatic heterocycles. The summed E-state index contributed by atoms with van der Waals surface area (Å²) in [6.45, 7) is 2.40. The molecule has 1 aromatic rings. The molecule has 4 nitrogen and oxygen atoms in total. The summed E-state index contributed by atoms with van der Waals surface area (Å²) in [7, 11) is 1.82. The number of hydrogen-bond donors (Lipinski definition) is 1. The number of ether oxygens (including phenoxy) is 1. The van der Waals surface area contributed by atoms with Gasteiger partial charge in [0, 0.05) is 17.6 Å². The predicted octanol–water partition coefficient (Wildman–Crippen LogP) is 0.965. The molecule has 0 bridgehead atoms. The minimum Gasteiger partial charge on any atom is -0.455 e. The fourth-order valence-electron chi connectivity index (χ4n) is 0.976. The normalized spacial score (nSPS) is 14.9. The van der Waals surface area contributed by atoms with Crippen molar-refractivity contribution in [1.29, 1.82) is 0 Å². The molecule has 0 amide bonds. The van der Waals surface area contributed by atoms with Crippen LogP contribution in [-0.2, 0) is 9.53 Å². The van der Waals surface area contributed by atoms with Crippen LogP contribution in [0.3, 0.4) is 0 Å². The number of nitrogens with zero attached hydrogens (tertiary/aromatic N) is 1. The minimum absolute atomic E-state index is 0.0661. The third-order valence-electron chi connectivity index (χ3n) is 1.81. The minimum atomic E-state index is -0.289. The molecule has 5 heteroatoms. The third kappa shape index (κ3) is 2.50. The van der Waals surface area contributed by atoms with Crippen LogP contribution in [0, 0.1) is 0 Å². The number of likely N-dealkylation sites (N-methyl/N-ethyl adjacent to an activating group) is 1. The lowest BCUT2D eigenvalue weighted by atomic mass is 10.2. The number of thiazole rings is 1. The second-order valence-corrected chi connectivity index (χ2v) is 3.53. The summed E-state index contributed by atoms with van der Waals surface area (Å²) in [5.74, 6) is 0. The third-order valence-corrected chi connectivity index (χ3v) is 2.64. The van der Waals surface area contributed by atoms with Crippen LogP contribution in [0.2, 0.25) is 0 Å². The van der Waals surface area contributed by atoms with E-state index in [1.54, 1.807) is 6.20 Å². The van der Waals surface area contributed by atoms with Gasteiger partial charge in [-0.1, -0.05) is 0 Å². The summed E-state index contributed by atoms with van der Waals surface area (Å²) in [5, 5.41) is 5.69. The van der Waals surface area contributed by atoms with E-state index in [2.05, 4.69) is 10.3 Å². The van der Waals surface area contributed by atoms with E-state index in [4.69, 9.17) is 4.74 Å². The molecule has 1 aromatic heterocycles. The summed E-state index contributed by atoms with van der Waals surface area (Å²) < 4.78 is 4.94. The fourth-order valence-corrected chi connectivity index (χ4v) is 1.75. The zero-order chi connectivity index (χ0) is 9.68. The maximum Gasteiger partial charge on any atom is 0.293 e. The molecule has 2 atom stereocenters. The largest absolute Gasteiger partial charge is 0.455 e. The van der Waals surface area contributed by atoms with Gasteiger partial charge in [-0.25, -0.2) is 4.98 Å². The molecule has 0 spiro atoms. The fraction of sp³-hybridized carbons (Fsp3) is 0.500. The highest BCUT2D eigenvalue weighted by molar-refractivity contribution is 7.09. The van der Waals surface area contributed by atoms with Crippen molar-refractivity contribution in [3.05, 3.63) is 16.6 Å². The summed E-state index contributed by atoms with van der Waals surface area (Å²) in [4.78, 5) is 14.4. The summed E-state index contributed by atoms with van der Waals surface area (Å²) in [6.07, 6.45) is 1.41. The Labute approximate surface area is 80.9 Å². The Kier molecular flexibility index (Phi) is 3.85. The van der Waals surface area contributed by atoms with Crippen molar-refractivity contribution in [1.82, 2.24) is 10.3 Å². The van der Waals surface area contributed by atoms with Crippen LogP contribution in [0.25, 0.3) is 0 Å². The van der Waals surface area contributed by atoms with Crippen LogP contribution in [0.1, 0.15) is 18.0 Å². The molecule has 0 radical (unpaired) electrons. The van der Waals surface area contributed by atoms with Gasteiger partial charge >= 0.3 is 0 Å². The molecule has 1 rings (SSSR count). The highest BCUT2D eigenvalue weighted by Gasteiger charge is 2.21. The smallest absolute Gasteiger partial charge is 0.293 e. The quantitative estimate of drug-likeness (QED) is 0.719. The van der Waals surface area contributed by atoms with Gasteiger partial charge < -0.3 is 10.1 Å². The molecule has 0 saturated carbocycles. The number of rotatable bonds is 5. The van der Waals surface area contributed by atoms with Crippen LogP contribution >= 0.6 is 11.3 Å². The molecule has 0 saturated heterocycles. The Morgan fingerprint density at radius 3 is 3.00 bits per heavy atom. The topological polar surface area (TPSA) is 51.2 Å². The molecule has 1 N–H and O–H groups in total.